The number of hydrogen-bond acceptors (Lipinski definition) is 5. The number of aromatic nitrogens is 1. The molecule has 0 aliphatic heterocycles. The molecule has 158 valence electrons. The molecule has 0 spiro atoms. The lowest BCUT2D eigenvalue weighted by atomic mass is 9.91. The molecule has 3 aromatic carbocycles. The topological polar surface area (TPSA) is 63.4 Å². The molecule has 5 nitrogen and oxygen atoms in total. The van der Waals surface area contributed by atoms with Gasteiger partial charge in [-0.3, -0.25) is 0 Å². The SMILES string of the molecule is CN(C)c1oc(C(c2ccccc2)c2ccccc2)nc1S(=O)(=O)c1ccc(F)cc1. The van der Waals surface area contributed by atoms with Crippen molar-refractivity contribution >= 4 is 15.7 Å². The molecule has 31 heavy (non-hydrogen) atoms. The van der Waals surface area contributed by atoms with Gasteiger partial charge in [0, 0.05) is 14.1 Å². The molecular weight excluding hydrogens is 415 g/mol. The summed E-state index contributed by atoms with van der Waals surface area (Å²) in [6.07, 6.45) is 0. The predicted octanol–water partition coefficient (Wildman–Crippen LogP) is 4.89. The highest BCUT2D eigenvalue weighted by Crippen LogP contribution is 2.37. The second kappa shape index (κ2) is 8.35. The standard InChI is InChI=1S/C24H21FN2O3S/c1-27(2)24-23(31(28,29)20-15-13-19(25)14-16-20)26-22(30-24)21(17-9-5-3-6-10-17)18-11-7-4-8-12-18/h3-16,21H,1-2H3. The Morgan fingerprint density at radius 1 is 0.839 bits per heavy atom. The van der Waals surface area contributed by atoms with Gasteiger partial charge in [0.1, 0.15) is 5.82 Å². The summed E-state index contributed by atoms with van der Waals surface area (Å²) in [5.74, 6) is -0.517. The Hall–Kier alpha value is -3.45. The van der Waals surface area contributed by atoms with E-state index >= 15 is 0 Å². The lowest BCUT2D eigenvalue weighted by Gasteiger charge is -2.15. The zero-order valence-corrected chi connectivity index (χ0v) is 17.9. The number of rotatable bonds is 6. The summed E-state index contributed by atoms with van der Waals surface area (Å²) in [6.45, 7) is 0. The van der Waals surface area contributed by atoms with Gasteiger partial charge in [0.15, 0.2) is 0 Å². The fourth-order valence-corrected chi connectivity index (χ4v) is 4.77. The lowest BCUT2D eigenvalue weighted by molar-refractivity contribution is 0.489. The van der Waals surface area contributed by atoms with Crippen LogP contribution in [0.2, 0.25) is 0 Å². The molecule has 0 bridgehead atoms. The molecule has 0 saturated carbocycles. The van der Waals surface area contributed by atoms with E-state index < -0.39 is 21.6 Å². The van der Waals surface area contributed by atoms with Crippen molar-refractivity contribution in [3.8, 4) is 0 Å². The van der Waals surface area contributed by atoms with Crippen molar-refractivity contribution in [3.05, 3.63) is 108 Å². The first kappa shape index (κ1) is 20.8. The first-order chi connectivity index (χ1) is 14.9. The van der Waals surface area contributed by atoms with Crippen LogP contribution in [0, 0.1) is 5.82 Å². The van der Waals surface area contributed by atoms with E-state index in [1.165, 1.54) is 12.1 Å². The minimum atomic E-state index is -4.02. The van der Waals surface area contributed by atoms with Crippen LogP contribution in [0.25, 0.3) is 0 Å². The molecule has 0 unspecified atom stereocenters. The van der Waals surface area contributed by atoms with Gasteiger partial charge in [0.25, 0.3) is 0 Å². The highest BCUT2D eigenvalue weighted by molar-refractivity contribution is 7.91. The Labute approximate surface area is 180 Å². The summed E-state index contributed by atoms with van der Waals surface area (Å²) in [4.78, 5) is 5.99. The van der Waals surface area contributed by atoms with E-state index in [4.69, 9.17) is 4.42 Å². The molecule has 1 heterocycles. The third-order valence-electron chi connectivity index (χ3n) is 4.89. The summed E-state index contributed by atoms with van der Waals surface area (Å²) in [5, 5.41) is -0.198. The van der Waals surface area contributed by atoms with Gasteiger partial charge in [-0.25, -0.2) is 12.8 Å². The molecule has 7 heteroatoms. The number of oxazole rings is 1. The van der Waals surface area contributed by atoms with Gasteiger partial charge in [-0.2, -0.15) is 4.98 Å². The van der Waals surface area contributed by atoms with E-state index in [1.54, 1.807) is 19.0 Å². The molecule has 0 aliphatic carbocycles. The van der Waals surface area contributed by atoms with Crippen molar-refractivity contribution in [2.24, 2.45) is 0 Å². The monoisotopic (exact) mass is 436 g/mol. The van der Waals surface area contributed by atoms with Gasteiger partial charge < -0.3 is 9.32 Å². The van der Waals surface area contributed by atoms with Crippen LogP contribution in [0.3, 0.4) is 0 Å². The largest absolute Gasteiger partial charge is 0.423 e. The Morgan fingerprint density at radius 2 is 1.35 bits per heavy atom. The maximum Gasteiger partial charge on any atom is 0.235 e. The predicted molar refractivity (Wildman–Crippen MR) is 117 cm³/mol. The number of nitrogens with zero attached hydrogens (tertiary/aromatic N) is 2. The van der Waals surface area contributed by atoms with Crippen molar-refractivity contribution in [3.63, 3.8) is 0 Å². The van der Waals surface area contributed by atoms with Crippen LogP contribution in [-0.2, 0) is 9.84 Å². The summed E-state index contributed by atoms with van der Waals surface area (Å²) in [5.41, 5.74) is 1.84. The lowest BCUT2D eigenvalue weighted by Crippen LogP contribution is -2.13. The Bertz CT molecular complexity index is 1230. The van der Waals surface area contributed by atoms with Gasteiger partial charge in [-0.05, 0) is 35.4 Å². The minimum absolute atomic E-state index is 0.0483. The van der Waals surface area contributed by atoms with Crippen molar-refractivity contribution in [2.75, 3.05) is 19.0 Å². The minimum Gasteiger partial charge on any atom is -0.423 e. The normalized spacial score (nSPS) is 11.6. The number of anilines is 1. The highest BCUT2D eigenvalue weighted by Gasteiger charge is 2.32. The quantitative estimate of drug-likeness (QED) is 0.403. The number of hydrogen-bond donors (Lipinski definition) is 0. The smallest absolute Gasteiger partial charge is 0.235 e. The molecule has 0 amide bonds. The number of halogens is 1. The third-order valence-corrected chi connectivity index (χ3v) is 6.56. The fourth-order valence-electron chi connectivity index (χ4n) is 3.39. The molecule has 0 N–H and O–H groups in total. The second-order valence-corrected chi connectivity index (χ2v) is 9.13. The second-order valence-electron chi connectivity index (χ2n) is 7.27. The van der Waals surface area contributed by atoms with Crippen molar-refractivity contribution < 1.29 is 17.2 Å². The molecule has 0 aliphatic rings. The van der Waals surface area contributed by atoms with Crippen LogP contribution >= 0.6 is 0 Å². The fraction of sp³-hybridized carbons (Fsp3) is 0.125. The maximum atomic E-state index is 13.3. The van der Waals surface area contributed by atoms with Crippen LogP contribution in [0.1, 0.15) is 22.9 Å². The maximum absolute atomic E-state index is 13.3. The van der Waals surface area contributed by atoms with E-state index in [-0.39, 0.29) is 21.7 Å². The van der Waals surface area contributed by atoms with Gasteiger partial charge >= 0.3 is 0 Å². The van der Waals surface area contributed by atoms with E-state index in [0.29, 0.717) is 0 Å². The van der Waals surface area contributed by atoms with Crippen LogP contribution in [0.15, 0.2) is 99.3 Å². The molecular formula is C24H21FN2O3S. The van der Waals surface area contributed by atoms with Gasteiger partial charge in [0.2, 0.25) is 26.6 Å². The Kier molecular flexibility index (Phi) is 5.61. The van der Waals surface area contributed by atoms with Crippen molar-refractivity contribution in [2.45, 2.75) is 15.8 Å². The van der Waals surface area contributed by atoms with Crippen molar-refractivity contribution in [1.29, 1.82) is 0 Å². The first-order valence-electron chi connectivity index (χ1n) is 9.66. The van der Waals surface area contributed by atoms with Crippen LogP contribution in [0.5, 0.6) is 0 Å². The molecule has 4 aromatic rings. The average molecular weight is 437 g/mol. The van der Waals surface area contributed by atoms with Crippen LogP contribution < -0.4 is 4.90 Å². The molecule has 4 rings (SSSR count). The van der Waals surface area contributed by atoms with E-state index in [2.05, 4.69) is 4.98 Å². The summed E-state index contributed by atoms with van der Waals surface area (Å²) >= 11 is 0. The first-order valence-corrected chi connectivity index (χ1v) is 11.1. The van der Waals surface area contributed by atoms with Crippen LogP contribution in [0.4, 0.5) is 10.3 Å². The molecule has 0 fully saturated rings. The molecule has 0 radical (unpaired) electrons. The van der Waals surface area contributed by atoms with Gasteiger partial charge in [-0.1, -0.05) is 60.7 Å². The summed E-state index contributed by atoms with van der Waals surface area (Å²) in [6, 6.07) is 24.0. The van der Waals surface area contributed by atoms with Gasteiger partial charge in [0.05, 0.1) is 10.8 Å². The Morgan fingerprint density at radius 3 is 1.84 bits per heavy atom. The number of benzene rings is 3. The zero-order valence-electron chi connectivity index (χ0n) is 17.1. The summed E-state index contributed by atoms with van der Waals surface area (Å²) < 4.78 is 46.0. The number of sulfone groups is 1. The van der Waals surface area contributed by atoms with E-state index in [1.807, 2.05) is 60.7 Å². The zero-order chi connectivity index (χ0) is 22.0. The van der Waals surface area contributed by atoms with Crippen molar-refractivity contribution in [1.82, 2.24) is 4.98 Å². The highest BCUT2D eigenvalue weighted by atomic mass is 32.2. The van der Waals surface area contributed by atoms with Crippen LogP contribution in [-0.4, -0.2) is 27.5 Å². The molecule has 1 aromatic heterocycles. The Balaban J connectivity index is 1.90. The van der Waals surface area contributed by atoms with E-state index in [0.717, 1.165) is 23.3 Å². The van der Waals surface area contributed by atoms with Gasteiger partial charge in [-0.15, -0.1) is 0 Å². The third kappa shape index (κ3) is 4.09. The summed E-state index contributed by atoms with van der Waals surface area (Å²) in [7, 11) is -0.645. The average Bonchev–Trinajstić information content (AvgIpc) is 3.22. The molecule has 0 saturated heterocycles. The molecule has 0 atom stereocenters. The van der Waals surface area contributed by atoms with E-state index in [9.17, 15) is 12.8 Å².